The van der Waals surface area contributed by atoms with Crippen molar-refractivity contribution in [3.63, 3.8) is 0 Å². The van der Waals surface area contributed by atoms with Gasteiger partial charge in [-0.25, -0.2) is 18.0 Å². The third kappa shape index (κ3) is 3.85. The number of likely N-dealkylation sites (N-methyl/N-ethyl adjacent to an activating group) is 1. The summed E-state index contributed by atoms with van der Waals surface area (Å²) >= 11 is 0. The highest BCUT2D eigenvalue weighted by Gasteiger charge is 2.27. The monoisotopic (exact) mass is 484 g/mol. The first-order chi connectivity index (χ1) is 16.7. The minimum absolute atomic E-state index is 0.0612. The van der Waals surface area contributed by atoms with Crippen LogP contribution in [0.15, 0.2) is 35.1 Å². The zero-order valence-corrected chi connectivity index (χ0v) is 20.0. The van der Waals surface area contributed by atoms with Crippen LogP contribution >= 0.6 is 0 Å². The average Bonchev–Trinajstić information content (AvgIpc) is 3.35. The molecular formula is C25H27F3N6O. The van der Waals surface area contributed by atoms with Crippen LogP contribution in [0.3, 0.4) is 0 Å². The molecule has 35 heavy (non-hydrogen) atoms. The number of aryl methyl sites for hydroxylation is 2. The first-order valence-corrected chi connectivity index (χ1v) is 11.6. The number of aromatic nitrogens is 4. The molecule has 2 atom stereocenters. The van der Waals surface area contributed by atoms with Crippen molar-refractivity contribution in [1.29, 1.82) is 0 Å². The van der Waals surface area contributed by atoms with Gasteiger partial charge < -0.3 is 10.2 Å². The molecule has 10 heteroatoms. The second-order valence-electron chi connectivity index (χ2n) is 9.35. The van der Waals surface area contributed by atoms with E-state index in [1.807, 2.05) is 30.7 Å². The maximum absolute atomic E-state index is 14.8. The van der Waals surface area contributed by atoms with Crippen LogP contribution in [0.1, 0.15) is 48.7 Å². The Morgan fingerprint density at radius 1 is 1.09 bits per heavy atom. The lowest BCUT2D eigenvalue weighted by molar-refractivity contribution is 0.146. The van der Waals surface area contributed by atoms with Crippen LogP contribution in [-0.2, 0) is 7.05 Å². The van der Waals surface area contributed by atoms with Crippen molar-refractivity contribution in [3.05, 3.63) is 63.5 Å². The SMILES string of the molecule is Cc1nnc(N[C@H](C)c2cccc(C(F)F)c2F)c2cc3c(cc12)n(C)c(=O)n3[C@@H]1CCN(C)C1. The van der Waals surface area contributed by atoms with Gasteiger partial charge in [0.1, 0.15) is 5.82 Å². The third-order valence-corrected chi connectivity index (χ3v) is 7.02. The smallest absolute Gasteiger partial charge is 0.329 e. The summed E-state index contributed by atoms with van der Waals surface area (Å²) in [5.41, 5.74) is 1.68. The fourth-order valence-electron chi connectivity index (χ4n) is 5.07. The molecule has 0 bridgehead atoms. The minimum atomic E-state index is -2.90. The van der Waals surface area contributed by atoms with Crippen LogP contribution in [-0.4, -0.2) is 44.4 Å². The molecule has 0 radical (unpaired) electrons. The fraction of sp³-hybridized carbons (Fsp3) is 0.400. The van der Waals surface area contributed by atoms with Crippen LogP contribution in [0.25, 0.3) is 21.8 Å². The molecule has 1 saturated heterocycles. The third-order valence-electron chi connectivity index (χ3n) is 7.02. The number of halogens is 3. The van der Waals surface area contributed by atoms with Crippen LogP contribution < -0.4 is 11.0 Å². The predicted molar refractivity (Wildman–Crippen MR) is 130 cm³/mol. The molecule has 1 aliphatic heterocycles. The topological polar surface area (TPSA) is 68.0 Å². The molecule has 1 N–H and O–H groups in total. The maximum Gasteiger partial charge on any atom is 0.329 e. The molecule has 2 aromatic heterocycles. The van der Waals surface area contributed by atoms with Gasteiger partial charge in [0.05, 0.1) is 34.4 Å². The quantitative estimate of drug-likeness (QED) is 0.444. The Bertz CT molecular complexity index is 1490. The number of hydrogen-bond acceptors (Lipinski definition) is 5. The fourth-order valence-corrected chi connectivity index (χ4v) is 5.07. The van der Waals surface area contributed by atoms with Crippen LogP contribution in [0.4, 0.5) is 19.0 Å². The standard InChI is InChI=1S/C25H27F3N6O/c1-13(16-6-5-7-17(22(16)26)23(27)28)29-24-19-11-21-20(10-18(19)14(2)30-31-24)33(4)25(35)34(21)15-8-9-32(3)12-15/h5-7,10-11,13,15,23H,8-9,12H2,1-4H3,(H,29,31)/t13-,15-/m1/s1. The van der Waals surface area contributed by atoms with Crippen molar-refractivity contribution in [1.82, 2.24) is 24.2 Å². The lowest BCUT2D eigenvalue weighted by atomic mass is 10.0. The summed E-state index contributed by atoms with van der Waals surface area (Å²) < 4.78 is 44.7. The van der Waals surface area contributed by atoms with E-state index in [-0.39, 0.29) is 17.3 Å². The number of nitrogens with one attached hydrogen (secondary N) is 1. The number of imidazole rings is 1. The maximum atomic E-state index is 14.8. The van der Waals surface area contributed by atoms with E-state index in [4.69, 9.17) is 0 Å². The van der Waals surface area contributed by atoms with E-state index < -0.39 is 23.8 Å². The van der Waals surface area contributed by atoms with Crippen molar-refractivity contribution in [2.75, 3.05) is 25.5 Å². The molecular weight excluding hydrogens is 457 g/mol. The van der Waals surface area contributed by atoms with Crippen LogP contribution in [0.2, 0.25) is 0 Å². The van der Waals surface area contributed by atoms with E-state index in [1.165, 1.54) is 12.1 Å². The molecule has 1 aliphatic rings. The molecule has 0 aliphatic carbocycles. The molecule has 5 rings (SSSR count). The van der Waals surface area contributed by atoms with Gasteiger partial charge in [-0.15, -0.1) is 5.10 Å². The van der Waals surface area contributed by atoms with Gasteiger partial charge in [0.25, 0.3) is 6.43 Å². The first kappa shape index (κ1) is 23.3. The molecule has 7 nitrogen and oxygen atoms in total. The Kier molecular flexibility index (Phi) is 5.79. The van der Waals surface area contributed by atoms with Gasteiger partial charge in [0.2, 0.25) is 0 Å². The Balaban J connectivity index is 1.64. The molecule has 0 saturated carbocycles. The van der Waals surface area contributed by atoms with Crippen molar-refractivity contribution in [2.45, 2.75) is 38.8 Å². The normalized spacial score (nSPS) is 17.7. The molecule has 4 aromatic rings. The first-order valence-electron chi connectivity index (χ1n) is 11.6. The highest BCUT2D eigenvalue weighted by atomic mass is 19.3. The largest absolute Gasteiger partial charge is 0.361 e. The minimum Gasteiger partial charge on any atom is -0.361 e. The number of hydrogen-bond donors (Lipinski definition) is 1. The number of likely N-dealkylation sites (tertiary alicyclic amines) is 1. The number of anilines is 1. The second kappa shape index (κ2) is 8.67. The van der Waals surface area contributed by atoms with Crippen molar-refractivity contribution in [2.24, 2.45) is 7.05 Å². The zero-order valence-electron chi connectivity index (χ0n) is 20.0. The summed E-state index contributed by atoms with van der Waals surface area (Å²) in [6, 6.07) is 7.25. The Hall–Kier alpha value is -3.40. The highest BCUT2D eigenvalue weighted by molar-refractivity contribution is 6.01. The molecule has 0 unspecified atom stereocenters. The lowest BCUT2D eigenvalue weighted by Crippen LogP contribution is -2.27. The number of benzene rings is 2. The average molecular weight is 485 g/mol. The van der Waals surface area contributed by atoms with Gasteiger partial charge >= 0.3 is 5.69 Å². The Labute approximate surface area is 200 Å². The van der Waals surface area contributed by atoms with Crippen molar-refractivity contribution < 1.29 is 13.2 Å². The van der Waals surface area contributed by atoms with E-state index in [1.54, 1.807) is 18.5 Å². The lowest BCUT2D eigenvalue weighted by Gasteiger charge is -2.19. The Morgan fingerprint density at radius 2 is 1.80 bits per heavy atom. The molecule has 184 valence electrons. The molecule has 0 amide bonds. The number of alkyl halides is 2. The Morgan fingerprint density at radius 3 is 2.49 bits per heavy atom. The van der Waals surface area contributed by atoms with Crippen LogP contribution in [0.5, 0.6) is 0 Å². The molecule has 1 fully saturated rings. The summed E-state index contributed by atoms with van der Waals surface area (Å²) in [4.78, 5) is 15.4. The predicted octanol–water partition coefficient (Wildman–Crippen LogP) is 4.72. The summed E-state index contributed by atoms with van der Waals surface area (Å²) in [5.74, 6) is -0.537. The van der Waals surface area contributed by atoms with E-state index in [0.717, 1.165) is 47.4 Å². The van der Waals surface area contributed by atoms with Gasteiger partial charge in [-0.1, -0.05) is 18.2 Å². The number of fused-ring (bicyclic) bond motifs is 2. The van der Waals surface area contributed by atoms with E-state index in [9.17, 15) is 18.0 Å². The molecule has 3 heterocycles. The van der Waals surface area contributed by atoms with Gasteiger partial charge in [0, 0.05) is 29.9 Å². The number of rotatable bonds is 5. The summed E-state index contributed by atoms with van der Waals surface area (Å²) in [7, 11) is 3.80. The van der Waals surface area contributed by atoms with Gasteiger partial charge in [-0.05, 0) is 46.0 Å². The van der Waals surface area contributed by atoms with E-state index in [2.05, 4.69) is 20.4 Å². The second-order valence-corrected chi connectivity index (χ2v) is 9.35. The van der Waals surface area contributed by atoms with E-state index in [0.29, 0.717) is 11.5 Å². The van der Waals surface area contributed by atoms with Crippen molar-refractivity contribution >= 4 is 27.6 Å². The summed E-state index contributed by atoms with van der Waals surface area (Å²) in [6.45, 7) is 5.22. The van der Waals surface area contributed by atoms with Crippen molar-refractivity contribution in [3.8, 4) is 0 Å². The van der Waals surface area contributed by atoms with Gasteiger partial charge in [0.15, 0.2) is 5.82 Å². The summed E-state index contributed by atoms with van der Waals surface area (Å²) in [6.07, 6.45) is -2.02. The summed E-state index contributed by atoms with van der Waals surface area (Å²) in [5, 5.41) is 13.2. The highest BCUT2D eigenvalue weighted by Crippen LogP contribution is 2.33. The molecule has 2 aromatic carbocycles. The van der Waals surface area contributed by atoms with Gasteiger partial charge in [-0.2, -0.15) is 5.10 Å². The molecule has 0 spiro atoms. The van der Waals surface area contributed by atoms with Gasteiger partial charge in [-0.3, -0.25) is 9.13 Å². The number of nitrogens with zero attached hydrogens (tertiary/aromatic N) is 5. The zero-order chi connectivity index (χ0) is 25.0. The van der Waals surface area contributed by atoms with Crippen LogP contribution in [0, 0.1) is 12.7 Å². The van der Waals surface area contributed by atoms with E-state index >= 15 is 0 Å².